The van der Waals surface area contributed by atoms with Gasteiger partial charge in [-0.05, 0) is 48.9 Å². The average Bonchev–Trinajstić information content (AvgIpc) is 3.31. The van der Waals surface area contributed by atoms with Crippen LogP contribution in [0.2, 0.25) is 5.02 Å². The van der Waals surface area contributed by atoms with E-state index in [9.17, 15) is 8.42 Å². The third kappa shape index (κ3) is 3.45. The molecule has 2 N–H and O–H groups in total. The molecule has 1 aliphatic carbocycles. The van der Waals surface area contributed by atoms with Crippen molar-refractivity contribution in [3.63, 3.8) is 0 Å². The van der Waals surface area contributed by atoms with Gasteiger partial charge in [0.15, 0.2) is 9.84 Å². The molecule has 3 rings (SSSR count). The number of hydrogen-bond acceptors (Lipinski definition) is 4. The zero-order chi connectivity index (χ0) is 18.9. The lowest BCUT2D eigenvalue weighted by Gasteiger charge is -2.16. The van der Waals surface area contributed by atoms with E-state index >= 15 is 0 Å². The Kier molecular flexibility index (Phi) is 5.80. The molecule has 0 aromatic heterocycles. The fraction of sp³-hybridized carbons (Fsp3) is 0.368. The van der Waals surface area contributed by atoms with Crippen molar-refractivity contribution >= 4 is 37.4 Å². The van der Waals surface area contributed by atoms with E-state index in [0.717, 1.165) is 10.0 Å². The first-order valence-electron chi connectivity index (χ1n) is 8.39. The fourth-order valence-corrected chi connectivity index (χ4v) is 6.49. The third-order valence-electron chi connectivity index (χ3n) is 5.04. The first-order chi connectivity index (χ1) is 12.4. The number of rotatable bonds is 7. The van der Waals surface area contributed by atoms with Crippen LogP contribution in [0.1, 0.15) is 18.4 Å². The second kappa shape index (κ2) is 7.60. The monoisotopic (exact) mass is 457 g/mol. The van der Waals surface area contributed by atoms with Gasteiger partial charge in [-0.3, -0.25) is 0 Å². The van der Waals surface area contributed by atoms with Crippen LogP contribution in [-0.2, 0) is 14.6 Å². The zero-order valence-electron chi connectivity index (χ0n) is 14.4. The molecular formula is C19H21BrClNO3S. The van der Waals surface area contributed by atoms with Gasteiger partial charge in [0.2, 0.25) is 0 Å². The summed E-state index contributed by atoms with van der Waals surface area (Å²) >= 11 is 9.33. The smallest absolute Gasteiger partial charge is 0.182 e. The van der Waals surface area contributed by atoms with Gasteiger partial charge in [0, 0.05) is 34.0 Å². The van der Waals surface area contributed by atoms with E-state index in [1.807, 2.05) is 31.2 Å². The van der Waals surface area contributed by atoms with E-state index in [-0.39, 0.29) is 17.4 Å². The summed E-state index contributed by atoms with van der Waals surface area (Å²) < 4.78 is 33.2. The SMILES string of the molecule is CCOC[C@@]1(CN)[C@H](S(=O)(=O)c2ccc(Cl)cc2)[C@@H]1c1ccc(Br)cc1. The number of sulfone groups is 1. The lowest BCUT2D eigenvalue weighted by Crippen LogP contribution is -2.29. The van der Waals surface area contributed by atoms with Gasteiger partial charge in [0.05, 0.1) is 16.8 Å². The predicted molar refractivity (Wildman–Crippen MR) is 107 cm³/mol. The van der Waals surface area contributed by atoms with Gasteiger partial charge in [-0.2, -0.15) is 0 Å². The Morgan fingerprint density at radius 1 is 1.15 bits per heavy atom. The fourth-order valence-electron chi connectivity index (χ4n) is 3.66. The number of hydrogen-bond donors (Lipinski definition) is 1. The molecule has 2 aromatic rings. The van der Waals surface area contributed by atoms with Crippen LogP contribution in [0.5, 0.6) is 0 Å². The molecule has 0 saturated heterocycles. The van der Waals surface area contributed by atoms with Crippen molar-refractivity contribution in [3.05, 3.63) is 63.6 Å². The summed E-state index contributed by atoms with van der Waals surface area (Å²) in [6.45, 7) is 2.97. The normalized spacial score (nSPS) is 25.2. The Morgan fingerprint density at radius 3 is 2.31 bits per heavy atom. The first-order valence-corrected chi connectivity index (χ1v) is 11.1. The van der Waals surface area contributed by atoms with Crippen molar-refractivity contribution in [2.45, 2.75) is 23.0 Å². The van der Waals surface area contributed by atoms with Crippen molar-refractivity contribution in [3.8, 4) is 0 Å². The molecule has 0 radical (unpaired) electrons. The first kappa shape index (κ1) is 19.8. The Labute approximate surface area is 167 Å². The quantitative estimate of drug-likeness (QED) is 0.680. The molecule has 0 spiro atoms. The van der Waals surface area contributed by atoms with Crippen LogP contribution in [0, 0.1) is 5.41 Å². The van der Waals surface area contributed by atoms with E-state index in [1.54, 1.807) is 24.3 Å². The molecule has 0 bridgehead atoms. The second-order valence-corrected chi connectivity index (χ2v) is 9.94. The van der Waals surface area contributed by atoms with Crippen molar-refractivity contribution in [1.82, 2.24) is 0 Å². The average molecular weight is 459 g/mol. The number of halogens is 2. The van der Waals surface area contributed by atoms with Crippen LogP contribution >= 0.6 is 27.5 Å². The highest BCUT2D eigenvalue weighted by Gasteiger charge is 2.70. The maximum absolute atomic E-state index is 13.3. The highest BCUT2D eigenvalue weighted by Crippen LogP contribution is 2.63. The van der Waals surface area contributed by atoms with Crippen LogP contribution in [0.4, 0.5) is 0 Å². The summed E-state index contributed by atoms with van der Waals surface area (Å²) in [5.41, 5.74) is 6.42. The van der Waals surface area contributed by atoms with Crippen LogP contribution in [0.25, 0.3) is 0 Å². The zero-order valence-corrected chi connectivity index (χ0v) is 17.5. The molecule has 26 heavy (non-hydrogen) atoms. The Balaban J connectivity index is 2.03. The second-order valence-electron chi connectivity index (χ2n) is 6.52. The lowest BCUT2D eigenvalue weighted by atomic mass is 10.00. The van der Waals surface area contributed by atoms with Gasteiger partial charge in [-0.25, -0.2) is 8.42 Å². The van der Waals surface area contributed by atoms with Crippen molar-refractivity contribution < 1.29 is 13.2 Å². The van der Waals surface area contributed by atoms with Gasteiger partial charge in [0.25, 0.3) is 0 Å². The van der Waals surface area contributed by atoms with Gasteiger partial charge in [-0.1, -0.05) is 39.7 Å². The highest BCUT2D eigenvalue weighted by atomic mass is 79.9. The maximum Gasteiger partial charge on any atom is 0.182 e. The van der Waals surface area contributed by atoms with Gasteiger partial charge in [-0.15, -0.1) is 0 Å². The molecule has 3 atom stereocenters. The van der Waals surface area contributed by atoms with E-state index < -0.39 is 20.5 Å². The largest absolute Gasteiger partial charge is 0.381 e. The Morgan fingerprint density at radius 2 is 1.77 bits per heavy atom. The predicted octanol–water partition coefficient (Wildman–Crippen LogP) is 4.02. The summed E-state index contributed by atoms with van der Waals surface area (Å²) in [5, 5.41) is -0.113. The maximum atomic E-state index is 13.3. The molecule has 0 aliphatic heterocycles. The summed E-state index contributed by atoms with van der Waals surface area (Å²) in [4.78, 5) is 0.265. The van der Waals surface area contributed by atoms with Gasteiger partial charge < -0.3 is 10.5 Å². The minimum atomic E-state index is -3.57. The molecule has 140 valence electrons. The van der Waals surface area contributed by atoms with Crippen molar-refractivity contribution in [2.24, 2.45) is 11.1 Å². The van der Waals surface area contributed by atoms with Gasteiger partial charge >= 0.3 is 0 Å². The van der Waals surface area contributed by atoms with E-state index in [0.29, 0.717) is 18.2 Å². The minimum absolute atomic E-state index is 0.201. The van der Waals surface area contributed by atoms with Crippen molar-refractivity contribution in [2.75, 3.05) is 19.8 Å². The van der Waals surface area contributed by atoms with Crippen LogP contribution < -0.4 is 5.73 Å². The number of ether oxygens (including phenoxy) is 1. The number of nitrogens with two attached hydrogens (primary N) is 1. The molecule has 2 aromatic carbocycles. The van der Waals surface area contributed by atoms with Crippen molar-refractivity contribution in [1.29, 1.82) is 0 Å². The molecule has 4 nitrogen and oxygen atoms in total. The van der Waals surface area contributed by atoms with E-state index in [2.05, 4.69) is 15.9 Å². The van der Waals surface area contributed by atoms with Crippen LogP contribution in [0.3, 0.4) is 0 Å². The molecule has 1 saturated carbocycles. The summed E-state index contributed by atoms with van der Waals surface area (Å²) in [5.74, 6) is -0.201. The molecule has 1 fully saturated rings. The molecular weight excluding hydrogens is 438 g/mol. The van der Waals surface area contributed by atoms with Crippen LogP contribution in [-0.4, -0.2) is 33.4 Å². The minimum Gasteiger partial charge on any atom is -0.381 e. The molecule has 7 heteroatoms. The van der Waals surface area contributed by atoms with E-state index in [4.69, 9.17) is 22.1 Å². The summed E-state index contributed by atoms with van der Waals surface area (Å²) in [6, 6.07) is 14.0. The summed E-state index contributed by atoms with van der Waals surface area (Å²) in [7, 11) is -3.57. The molecule has 0 unspecified atom stereocenters. The van der Waals surface area contributed by atoms with Crippen LogP contribution in [0.15, 0.2) is 57.9 Å². The standard InChI is InChI=1S/C19H21BrClNO3S/c1-2-25-12-19(11-22)17(13-3-5-14(20)6-4-13)18(19)26(23,24)16-9-7-15(21)8-10-16/h3-10,17-18H,2,11-12,22H2,1H3/t17-,18+,19+/m0/s1. The summed E-state index contributed by atoms with van der Waals surface area (Å²) in [6.07, 6.45) is 0. The van der Waals surface area contributed by atoms with E-state index in [1.165, 1.54) is 0 Å². The molecule has 0 amide bonds. The molecule has 1 aliphatic rings. The topological polar surface area (TPSA) is 69.4 Å². The highest BCUT2D eigenvalue weighted by molar-refractivity contribution is 9.10. The number of benzene rings is 2. The lowest BCUT2D eigenvalue weighted by molar-refractivity contribution is 0.101. The third-order valence-corrected chi connectivity index (χ3v) is 8.16. The molecule has 0 heterocycles. The van der Waals surface area contributed by atoms with Gasteiger partial charge in [0.1, 0.15) is 0 Å². The Hall–Kier alpha value is -0.920. The Bertz CT molecular complexity index is 871.